The smallest absolute Gasteiger partial charge is 0.244 e. The summed E-state index contributed by atoms with van der Waals surface area (Å²) < 4.78 is 5.66. The molecule has 1 amide bonds. The molecule has 1 atom stereocenters. The number of amides is 1. The van der Waals surface area contributed by atoms with Crippen LogP contribution in [0.4, 0.5) is 0 Å². The Labute approximate surface area is 144 Å². The van der Waals surface area contributed by atoms with Gasteiger partial charge in [-0.1, -0.05) is 30.3 Å². The van der Waals surface area contributed by atoms with Crippen LogP contribution in [0, 0.1) is 0 Å². The van der Waals surface area contributed by atoms with E-state index < -0.39 is 0 Å². The molecule has 2 aromatic carbocycles. The lowest BCUT2D eigenvalue weighted by Crippen LogP contribution is -2.25. The van der Waals surface area contributed by atoms with Crippen molar-refractivity contribution in [3.63, 3.8) is 0 Å². The molecule has 124 valence electrons. The molecular weight excluding hydrogens is 314 g/mol. The molecule has 0 spiro atoms. The zero-order valence-corrected chi connectivity index (χ0v) is 13.7. The summed E-state index contributed by atoms with van der Waals surface area (Å²) in [6, 6.07) is 17.2. The Morgan fingerprint density at radius 3 is 2.84 bits per heavy atom. The molecular formula is C20H17N3O2. The van der Waals surface area contributed by atoms with Gasteiger partial charge in [-0.25, -0.2) is 4.98 Å². The van der Waals surface area contributed by atoms with Gasteiger partial charge in [-0.15, -0.1) is 0 Å². The number of nitrogens with one attached hydrogen (secondary N) is 2. The monoisotopic (exact) mass is 331 g/mol. The number of benzene rings is 2. The van der Waals surface area contributed by atoms with Gasteiger partial charge >= 0.3 is 0 Å². The molecule has 2 N–H and O–H groups in total. The second-order valence-electron chi connectivity index (χ2n) is 5.89. The summed E-state index contributed by atoms with van der Waals surface area (Å²) in [6.45, 7) is 1.89. The number of nitrogens with zero attached hydrogens (tertiary/aromatic N) is 1. The van der Waals surface area contributed by atoms with Crippen LogP contribution in [0.25, 0.3) is 28.1 Å². The van der Waals surface area contributed by atoms with E-state index in [1.54, 1.807) is 6.08 Å². The molecule has 1 unspecified atom stereocenters. The fourth-order valence-electron chi connectivity index (χ4n) is 2.75. The molecule has 2 aromatic heterocycles. The van der Waals surface area contributed by atoms with Gasteiger partial charge in [0.05, 0.1) is 17.1 Å². The first kappa shape index (κ1) is 15.2. The van der Waals surface area contributed by atoms with Crippen molar-refractivity contribution in [2.24, 2.45) is 0 Å². The topological polar surface area (TPSA) is 70.9 Å². The van der Waals surface area contributed by atoms with Gasteiger partial charge in [0.2, 0.25) is 5.91 Å². The molecule has 0 aliphatic carbocycles. The number of aromatic amines is 1. The quantitative estimate of drug-likeness (QED) is 0.551. The van der Waals surface area contributed by atoms with Crippen molar-refractivity contribution in [1.29, 1.82) is 0 Å². The number of para-hydroxylation sites is 3. The van der Waals surface area contributed by atoms with E-state index in [0.717, 1.165) is 27.8 Å². The highest BCUT2D eigenvalue weighted by Crippen LogP contribution is 2.20. The van der Waals surface area contributed by atoms with Gasteiger partial charge in [0.1, 0.15) is 17.2 Å². The number of rotatable bonds is 4. The Morgan fingerprint density at radius 1 is 1.20 bits per heavy atom. The van der Waals surface area contributed by atoms with E-state index in [-0.39, 0.29) is 11.9 Å². The van der Waals surface area contributed by atoms with Crippen LogP contribution in [0.1, 0.15) is 24.6 Å². The van der Waals surface area contributed by atoms with Crippen molar-refractivity contribution in [2.45, 2.75) is 13.0 Å². The maximum absolute atomic E-state index is 12.1. The molecule has 0 saturated heterocycles. The number of aromatic nitrogens is 2. The zero-order valence-electron chi connectivity index (χ0n) is 13.7. The molecule has 4 aromatic rings. The maximum Gasteiger partial charge on any atom is 0.244 e. The first-order valence-electron chi connectivity index (χ1n) is 8.11. The van der Waals surface area contributed by atoms with Crippen molar-refractivity contribution >= 4 is 34.0 Å². The van der Waals surface area contributed by atoms with E-state index in [2.05, 4.69) is 15.3 Å². The van der Waals surface area contributed by atoms with E-state index in [1.165, 1.54) is 6.08 Å². The van der Waals surface area contributed by atoms with Crippen molar-refractivity contribution < 1.29 is 9.21 Å². The SMILES string of the molecule is CC(NC(=O)/C=C/c1cc2ccccc2o1)c1nc2ccccc2[nH]1. The molecule has 0 radical (unpaired) electrons. The second-order valence-corrected chi connectivity index (χ2v) is 5.89. The number of hydrogen-bond acceptors (Lipinski definition) is 3. The Bertz CT molecular complexity index is 1010. The minimum absolute atomic E-state index is 0.201. The van der Waals surface area contributed by atoms with Crippen molar-refractivity contribution in [1.82, 2.24) is 15.3 Å². The van der Waals surface area contributed by atoms with E-state index in [0.29, 0.717) is 5.76 Å². The largest absolute Gasteiger partial charge is 0.457 e. The third-order valence-electron chi connectivity index (χ3n) is 4.02. The Balaban J connectivity index is 1.45. The van der Waals surface area contributed by atoms with Crippen LogP contribution >= 0.6 is 0 Å². The number of furan rings is 1. The van der Waals surface area contributed by atoms with Crippen molar-refractivity contribution in [3.05, 3.63) is 72.3 Å². The minimum atomic E-state index is -0.222. The number of carbonyl (C=O) groups is 1. The van der Waals surface area contributed by atoms with Crippen LogP contribution in [0.3, 0.4) is 0 Å². The van der Waals surface area contributed by atoms with E-state index in [4.69, 9.17) is 4.42 Å². The molecule has 5 heteroatoms. The molecule has 0 aliphatic heterocycles. The van der Waals surface area contributed by atoms with Gasteiger partial charge in [0.25, 0.3) is 0 Å². The fourth-order valence-corrected chi connectivity index (χ4v) is 2.75. The summed E-state index contributed by atoms with van der Waals surface area (Å²) in [4.78, 5) is 19.9. The molecule has 25 heavy (non-hydrogen) atoms. The molecule has 0 bridgehead atoms. The molecule has 0 aliphatic rings. The Morgan fingerprint density at radius 2 is 2.00 bits per heavy atom. The number of hydrogen-bond donors (Lipinski definition) is 2. The maximum atomic E-state index is 12.1. The average molecular weight is 331 g/mol. The third-order valence-corrected chi connectivity index (χ3v) is 4.02. The molecule has 4 rings (SSSR count). The lowest BCUT2D eigenvalue weighted by atomic mass is 10.2. The first-order valence-corrected chi connectivity index (χ1v) is 8.11. The van der Waals surface area contributed by atoms with Crippen molar-refractivity contribution in [3.8, 4) is 0 Å². The lowest BCUT2D eigenvalue weighted by Gasteiger charge is -2.08. The van der Waals surface area contributed by atoms with Gasteiger partial charge in [-0.05, 0) is 37.3 Å². The summed E-state index contributed by atoms with van der Waals surface area (Å²) in [6.07, 6.45) is 3.14. The van der Waals surface area contributed by atoms with Crippen molar-refractivity contribution in [2.75, 3.05) is 0 Å². The number of fused-ring (bicyclic) bond motifs is 2. The van der Waals surface area contributed by atoms with Crippen LogP contribution in [0.15, 0.2) is 65.1 Å². The number of carbonyl (C=O) groups excluding carboxylic acids is 1. The minimum Gasteiger partial charge on any atom is -0.457 e. The average Bonchev–Trinajstić information content (AvgIpc) is 3.23. The van der Waals surface area contributed by atoms with Crippen LogP contribution in [-0.4, -0.2) is 15.9 Å². The van der Waals surface area contributed by atoms with Crippen LogP contribution in [0.5, 0.6) is 0 Å². The van der Waals surface area contributed by atoms with Gasteiger partial charge < -0.3 is 14.7 Å². The van der Waals surface area contributed by atoms with Gasteiger partial charge in [0, 0.05) is 11.5 Å². The van der Waals surface area contributed by atoms with E-state index in [1.807, 2.05) is 61.5 Å². The summed E-state index contributed by atoms with van der Waals surface area (Å²) >= 11 is 0. The van der Waals surface area contributed by atoms with Crippen LogP contribution < -0.4 is 5.32 Å². The lowest BCUT2D eigenvalue weighted by molar-refractivity contribution is -0.117. The van der Waals surface area contributed by atoms with Gasteiger partial charge in [-0.3, -0.25) is 4.79 Å². The first-order chi connectivity index (χ1) is 12.2. The van der Waals surface area contributed by atoms with Gasteiger partial charge in [0.15, 0.2) is 0 Å². The second kappa shape index (κ2) is 6.28. The highest BCUT2D eigenvalue weighted by molar-refractivity contribution is 5.92. The van der Waals surface area contributed by atoms with E-state index in [9.17, 15) is 4.79 Å². The highest BCUT2D eigenvalue weighted by atomic mass is 16.3. The van der Waals surface area contributed by atoms with Crippen LogP contribution in [-0.2, 0) is 4.79 Å². The Hall–Kier alpha value is -3.34. The number of imidazole rings is 1. The normalized spacial score (nSPS) is 12.8. The molecule has 5 nitrogen and oxygen atoms in total. The molecule has 2 heterocycles. The molecule has 0 saturated carbocycles. The van der Waals surface area contributed by atoms with Gasteiger partial charge in [-0.2, -0.15) is 0 Å². The van der Waals surface area contributed by atoms with E-state index >= 15 is 0 Å². The standard InChI is InChI=1S/C20H17N3O2/c1-13(20-22-16-7-3-4-8-17(16)23-20)21-19(24)11-10-15-12-14-6-2-5-9-18(14)25-15/h2-13H,1H3,(H,21,24)(H,22,23)/b11-10+. The fraction of sp³-hybridized carbons (Fsp3) is 0.100. The van der Waals surface area contributed by atoms with Crippen LogP contribution in [0.2, 0.25) is 0 Å². The summed E-state index contributed by atoms with van der Waals surface area (Å²) in [5.41, 5.74) is 2.64. The predicted molar refractivity (Wildman–Crippen MR) is 97.9 cm³/mol. The third kappa shape index (κ3) is 3.17. The zero-order chi connectivity index (χ0) is 17.2. The molecule has 0 fully saturated rings. The highest BCUT2D eigenvalue weighted by Gasteiger charge is 2.12. The predicted octanol–water partition coefficient (Wildman–Crippen LogP) is 4.20. The summed E-state index contributed by atoms with van der Waals surface area (Å²) in [5, 5.41) is 3.91. The number of H-pyrrole nitrogens is 1. The summed E-state index contributed by atoms with van der Waals surface area (Å²) in [7, 11) is 0. The Kier molecular flexibility index (Phi) is 3.82. The summed E-state index contributed by atoms with van der Waals surface area (Å²) in [5.74, 6) is 1.17.